The highest BCUT2D eigenvalue weighted by Gasteiger charge is 2.09. The molecule has 0 radical (unpaired) electrons. The van der Waals surface area contributed by atoms with Gasteiger partial charge in [-0.25, -0.2) is 0 Å². The fourth-order valence-corrected chi connectivity index (χ4v) is 2.28. The summed E-state index contributed by atoms with van der Waals surface area (Å²) in [5.41, 5.74) is 1.12. The van der Waals surface area contributed by atoms with E-state index in [0.717, 1.165) is 23.6 Å². The Kier molecular flexibility index (Phi) is 8.93. The summed E-state index contributed by atoms with van der Waals surface area (Å²) in [6.45, 7) is 8.08. The number of rotatable bonds is 10. The van der Waals surface area contributed by atoms with Gasteiger partial charge < -0.3 is 15.2 Å². The monoisotopic (exact) mass is 313 g/mol. The maximum absolute atomic E-state index is 9.89. The Morgan fingerprint density at radius 3 is 2.71 bits per heavy atom. The van der Waals surface area contributed by atoms with E-state index in [1.165, 1.54) is 6.42 Å². The molecular weight excluding hydrogens is 286 g/mol. The topological polar surface area (TPSA) is 41.5 Å². The molecule has 0 aliphatic heterocycles. The third kappa shape index (κ3) is 8.42. The molecule has 1 unspecified atom stereocenters. The van der Waals surface area contributed by atoms with Gasteiger partial charge in [0.15, 0.2) is 0 Å². The predicted molar refractivity (Wildman–Crippen MR) is 88.8 cm³/mol. The van der Waals surface area contributed by atoms with Crippen molar-refractivity contribution in [2.75, 3.05) is 19.8 Å². The van der Waals surface area contributed by atoms with Crippen LogP contribution in [0.1, 0.15) is 45.2 Å². The van der Waals surface area contributed by atoms with Gasteiger partial charge in [-0.05, 0) is 43.4 Å². The van der Waals surface area contributed by atoms with Crippen LogP contribution in [0.5, 0.6) is 0 Å². The molecule has 0 spiro atoms. The summed E-state index contributed by atoms with van der Waals surface area (Å²) < 4.78 is 5.49. The summed E-state index contributed by atoms with van der Waals surface area (Å²) in [6, 6.07) is 7.91. The highest BCUT2D eigenvalue weighted by molar-refractivity contribution is 6.30. The molecule has 1 aromatic carbocycles. The first-order valence-corrected chi connectivity index (χ1v) is 8.11. The molecule has 3 nitrogen and oxygen atoms in total. The molecule has 1 aromatic rings. The van der Waals surface area contributed by atoms with Gasteiger partial charge in [0.2, 0.25) is 0 Å². The zero-order valence-corrected chi connectivity index (χ0v) is 14.1. The smallest absolute Gasteiger partial charge is 0.0897 e. The summed E-state index contributed by atoms with van der Waals surface area (Å²) in [4.78, 5) is 0. The lowest BCUT2D eigenvalue weighted by atomic mass is 10.1. The highest BCUT2D eigenvalue weighted by atomic mass is 35.5. The van der Waals surface area contributed by atoms with Crippen LogP contribution in [0.2, 0.25) is 5.02 Å². The van der Waals surface area contributed by atoms with Crippen molar-refractivity contribution >= 4 is 11.6 Å². The number of hydrogen-bond acceptors (Lipinski definition) is 3. The number of hydrogen-bond donors (Lipinski definition) is 2. The Morgan fingerprint density at radius 1 is 1.29 bits per heavy atom. The molecule has 4 heteroatoms. The first-order valence-electron chi connectivity index (χ1n) is 7.73. The van der Waals surface area contributed by atoms with Crippen molar-refractivity contribution in [1.29, 1.82) is 0 Å². The van der Waals surface area contributed by atoms with E-state index in [2.05, 4.69) is 26.1 Å². The number of halogens is 1. The van der Waals surface area contributed by atoms with Crippen LogP contribution < -0.4 is 5.32 Å². The average molecular weight is 314 g/mol. The van der Waals surface area contributed by atoms with Crippen molar-refractivity contribution in [3.63, 3.8) is 0 Å². The van der Waals surface area contributed by atoms with Crippen molar-refractivity contribution in [3.05, 3.63) is 34.9 Å². The number of benzene rings is 1. The molecule has 2 N–H and O–H groups in total. The molecule has 0 aliphatic carbocycles. The zero-order valence-electron chi connectivity index (χ0n) is 13.3. The fraction of sp³-hybridized carbons (Fsp3) is 0.647. The van der Waals surface area contributed by atoms with Gasteiger partial charge in [-0.1, -0.05) is 37.6 Å². The SMILES string of the molecule is CC(C)CCCOCC(O)CN[C@H](C)c1cccc(Cl)c1. The van der Waals surface area contributed by atoms with Crippen molar-refractivity contribution in [3.8, 4) is 0 Å². The summed E-state index contributed by atoms with van der Waals surface area (Å²) >= 11 is 5.97. The van der Waals surface area contributed by atoms with Crippen molar-refractivity contribution in [1.82, 2.24) is 5.32 Å². The van der Waals surface area contributed by atoms with Crippen LogP contribution in [0.25, 0.3) is 0 Å². The standard InChI is InChI=1S/C17H28ClNO2/c1-13(2)6-5-9-21-12-17(20)11-19-14(3)15-7-4-8-16(18)10-15/h4,7-8,10,13-14,17,19-20H,5-6,9,11-12H2,1-3H3/t14-,17?/m1/s1. The summed E-state index contributed by atoms with van der Waals surface area (Å²) in [7, 11) is 0. The van der Waals surface area contributed by atoms with Crippen LogP contribution in [-0.2, 0) is 4.74 Å². The first kappa shape index (κ1) is 18.4. The van der Waals surface area contributed by atoms with Crippen LogP contribution in [0.15, 0.2) is 24.3 Å². The summed E-state index contributed by atoms with van der Waals surface area (Å²) in [5, 5.41) is 13.9. The lowest BCUT2D eigenvalue weighted by molar-refractivity contribution is 0.0337. The highest BCUT2D eigenvalue weighted by Crippen LogP contribution is 2.17. The Morgan fingerprint density at radius 2 is 2.05 bits per heavy atom. The molecule has 21 heavy (non-hydrogen) atoms. The summed E-state index contributed by atoms with van der Waals surface area (Å²) in [5.74, 6) is 0.707. The fourth-order valence-electron chi connectivity index (χ4n) is 2.08. The van der Waals surface area contributed by atoms with E-state index < -0.39 is 6.10 Å². The maximum atomic E-state index is 9.89. The minimum absolute atomic E-state index is 0.152. The second-order valence-corrected chi connectivity index (χ2v) is 6.39. The molecule has 1 rings (SSSR count). The van der Waals surface area contributed by atoms with Crippen molar-refractivity contribution in [2.45, 2.75) is 45.8 Å². The van der Waals surface area contributed by atoms with Crippen LogP contribution in [0, 0.1) is 5.92 Å². The van der Waals surface area contributed by atoms with Crippen LogP contribution in [0.3, 0.4) is 0 Å². The molecule has 0 aromatic heterocycles. The molecule has 0 bridgehead atoms. The van der Waals surface area contributed by atoms with Crippen LogP contribution in [0.4, 0.5) is 0 Å². The second-order valence-electron chi connectivity index (χ2n) is 5.95. The molecule has 0 amide bonds. The van der Waals surface area contributed by atoms with E-state index in [1.54, 1.807) is 0 Å². The van der Waals surface area contributed by atoms with Gasteiger partial charge in [-0.15, -0.1) is 0 Å². The lowest BCUT2D eigenvalue weighted by Crippen LogP contribution is -2.32. The van der Waals surface area contributed by atoms with E-state index in [0.29, 0.717) is 19.1 Å². The Hall–Kier alpha value is -0.610. The van der Waals surface area contributed by atoms with Gasteiger partial charge in [0, 0.05) is 24.2 Å². The van der Waals surface area contributed by atoms with E-state index >= 15 is 0 Å². The van der Waals surface area contributed by atoms with E-state index in [9.17, 15) is 5.11 Å². The van der Waals surface area contributed by atoms with Crippen molar-refractivity contribution in [2.24, 2.45) is 5.92 Å². The van der Waals surface area contributed by atoms with Gasteiger partial charge >= 0.3 is 0 Å². The third-order valence-corrected chi connectivity index (χ3v) is 3.62. The van der Waals surface area contributed by atoms with Gasteiger partial charge in [0.1, 0.15) is 0 Å². The van der Waals surface area contributed by atoms with Gasteiger partial charge in [0.25, 0.3) is 0 Å². The van der Waals surface area contributed by atoms with E-state index in [1.807, 2.05) is 24.3 Å². The zero-order chi connectivity index (χ0) is 15.7. The van der Waals surface area contributed by atoms with E-state index in [-0.39, 0.29) is 6.04 Å². The molecular formula is C17H28ClNO2. The molecule has 0 heterocycles. The van der Waals surface area contributed by atoms with E-state index in [4.69, 9.17) is 16.3 Å². The number of aliphatic hydroxyl groups excluding tert-OH is 1. The lowest BCUT2D eigenvalue weighted by Gasteiger charge is -2.18. The molecule has 120 valence electrons. The third-order valence-electron chi connectivity index (χ3n) is 3.39. The summed E-state index contributed by atoms with van der Waals surface area (Å²) in [6.07, 6.45) is 1.74. The number of nitrogens with one attached hydrogen (secondary N) is 1. The van der Waals surface area contributed by atoms with Crippen LogP contribution >= 0.6 is 11.6 Å². The Balaban J connectivity index is 2.16. The molecule has 0 aliphatic rings. The molecule has 2 atom stereocenters. The van der Waals surface area contributed by atoms with Gasteiger partial charge in [0.05, 0.1) is 12.7 Å². The minimum atomic E-state index is -0.481. The van der Waals surface area contributed by atoms with Gasteiger partial charge in [-0.3, -0.25) is 0 Å². The molecule has 0 saturated carbocycles. The normalized spacial score (nSPS) is 14.4. The van der Waals surface area contributed by atoms with Crippen LogP contribution in [-0.4, -0.2) is 31.0 Å². The first-order chi connectivity index (χ1) is 9.99. The van der Waals surface area contributed by atoms with Crippen molar-refractivity contribution < 1.29 is 9.84 Å². The number of ether oxygens (including phenoxy) is 1. The maximum Gasteiger partial charge on any atom is 0.0897 e. The van der Waals surface area contributed by atoms with Gasteiger partial charge in [-0.2, -0.15) is 0 Å². The number of aliphatic hydroxyl groups is 1. The Labute approximate surface area is 133 Å². The largest absolute Gasteiger partial charge is 0.389 e. The minimum Gasteiger partial charge on any atom is -0.389 e. The molecule has 0 saturated heterocycles. The second kappa shape index (κ2) is 10.2. The quantitative estimate of drug-likeness (QED) is 0.645. The Bertz CT molecular complexity index is 398. The molecule has 0 fully saturated rings. The predicted octanol–water partition coefficient (Wildman–Crippen LogP) is 3.80. The average Bonchev–Trinajstić information content (AvgIpc) is 2.44.